The highest BCUT2D eigenvalue weighted by Gasteiger charge is 2.11. The number of aryl methyl sites for hydroxylation is 2. The van der Waals surface area contributed by atoms with E-state index in [0.717, 1.165) is 13.1 Å². The Kier molecular flexibility index (Phi) is 6.23. The fourth-order valence-corrected chi connectivity index (χ4v) is 3.03. The topological polar surface area (TPSA) is 3.24 Å². The largest absolute Gasteiger partial charge is 0.298 e. The van der Waals surface area contributed by atoms with Crippen molar-refractivity contribution in [3.63, 3.8) is 0 Å². The summed E-state index contributed by atoms with van der Waals surface area (Å²) in [7, 11) is 2.18. The molecule has 3 rings (SSSR count). The molecule has 0 bridgehead atoms. The maximum absolute atomic E-state index is 2.40. The van der Waals surface area contributed by atoms with Crippen molar-refractivity contribution in [2.45, 2.75) is 25.8 Å². The first-order valence-corrected chi connectivity index (χ1v) is 7.82. The van der Waals surface area contributed by atoms with E-state index in [1.807, 2.05) is 0 Å². The van der Waals surface area contributed by atoms with E-state index in [0.29, 0.717) is 0 Å². The second-order valence-electron chi connectivity index (χ2n) is 5.97. The van der Waals surface area contributed by atoms with E-state index in [-0.39, 0.29) is 12.4 Å². The van der Waals surface area contributed by atoms with Gasteiger partial charge in [-0.1, -0.05) is 60.7 Å². The summed E-state index contributed by atoms with van der Waals surface area (Å²) in [4.78, 5) is 2.36. The summed E-state index contributed by atoms with van der Waals surface area (Å²) in [5.74, 6) is 0. The van der Waals surface area contributed by atoms with Gasteiger partial charge in [0.2, 0.25) is 0 Å². The number of benzene rings is 2. The number of nitrogens with zero attached hydrogens (tertiary/aromatic N) is 1. The molecule has 0 amide bonds. The Morgan fingerprint density at radius 3 is 2.59 bits per heavy atom. The maximum atomic E-state index is 2.40. The van der Waals surface area contributed by atoms with E-state index in [1.54, 1.807) is 11.1 Å². The van der Waals surface area contributed by atoms with Crippen LogP contribution in [-0.2, 0) is 19.4 Å². The van der Waals surface area contributed by atoms with Gasteiger partial charge in [-0.25, -0.2) is 0 Å². The first-order chi connectivity index (χ1) is 10.3. The van der Waals surface area contributed by atoms with Crippen LogP contribution in [0.3, 0.4) is 0 Å². The van der Waals surface area contributed by atoms with Gasteiger partial charge in [0.25, 0.3) is 0 Å². The smallest absolute Gasteiger partial charge is 0.0234 e. The average molecular weight is 314 g/mol. The highest BCUT2D eigenvalue weighted by Crippen LogP contribution is 2.23. The lowest BCUT2D eigenvalue weighted by atomic mass is 10.1. The van der Waals surface area contributed by atoms with Gasteiger partial charge in [0, 0.05) is 13.1 Å². The number of halogens is 1. The predicted octanol–water partition coefficient (Wildman–Crippen LogP) is 4.74. The summed E-state index contributed by atoms with van der Waals surface area (Å²) < 4.78 is 0. The van der Waals surface area contributed by atoms with Gasteiger partial charge < -0.3 is 0 Å². The van der Waals surface area contributed by atoms with Gasteiger partial charge in [-0.15, -0.1) is 12.4 Å². The van der Waals surface area contributed by atoms with Crippen molar-refractivity contribution >= 4 is 18.5 Å². The van der Waals surface area contributed by atoms with Gasteiger partial charge in [-0.3, -0.25) is 4.90 Å². The first kappa shape index (κ1) is 16.8. The Morgan fingerprint density at radius 1 is 1.00 bits per heavy atom. The van der Waals surface area contributed by atoms with Crippen LogP contribution in [0.25, 0.3) is 6.08 Å². The van der Waals surface area contributed by atoms with E-state index < -0.39 is 0 Å². The molecule has 22 heavy (non-hydrogen) atoms. The third kappa shape index (κ3) is 4.46. The third-order valence-electron chi connectivity index (χ3n) is 4.14. The molecule has 0 saturated carbocycles. The molecule has 0 unspecified atom stereocenters. The molecule has 0 radical (unpaired) electrons. The van der Waals surface area contributed by atoms with Crippen LogP contribution >= 0.6 is 12.4 Å². The molecule has 2 aromatic rings. The molecule has 0 fully saturated rings. The van der Waals surface area contributed by atoms with Gasteiger partial charge in [0.05, 0.1) is 0 Å². The lowest BCUT2D eigenvalue weighted by Crippen LogP contribution is -2.17. The van der Waals surface area contributed by atoms with Crippen molar-refractivity contribution in [1.82, 2.24) is 4.90 Å². The molecule has 0 spiro atoms. The molecule has 0 aliphatic heterocycles. The van der Waals surface area contributed by atoms with Crippen LogP contribution in [0.15, 0.2) is 54.6 Å². The van der Waals surface area contributed by atoms with Crippen LogP contribution in [-0.4, -0.2) is 18.5 Å². The first-order valence-electron chi connectivity index (χ1n) is 7.82. The Labute approximate surface area is 140 Å². The molecule has 0 heterocycles. The van der Waals surface area contributed by atoms with E-state index in [1.165, 1.54) is 30.4 Å². The molecule has 0 aromatic heterocycles. The van der Waals surface area contributed by atoms with E-state index in [4.69, 9.17) is 0 Å². The van der Waals surface area contributed by atoms with E-state index in [2.05, 4.69) is 72.6 Å². The highest BCUT2D eigenvalue weighted by molar-refractivity contribution is 5.85. The summed E-state index contributed by atoms with van der Waals surface area (Å²) in [6.07, 6.45) is 8.29. The number of hydrogen-bond acceptors (Lipinski definition) is 1. The van der Waals surface area contributed by atoms with Crippen molar-refractivity contribution in [1.29, 1.82) is 0 Å². The van der Waals surface area contributed by atoms with Crippen LogP contribution in [0.4, 0.5) is 0 Å². The average Bonchev–Trinajstić information content (AvgIpc) is 2.96. The zero-order chi connectivity index (χ0) is 14.5. The fraction of sp³-hybridized carbons (Fsp3) is 0.300. The normalized spacial score (nSPS) is 13.4. The second-order valence-corrected chi connectivity index (χ2v) is 5.97. The Morgan fingerprint density at radius 2 is 1.77 bits per heavy atom. The molecule has 2 heteroatoms. The van der Waals surface area contributed by atoms with Crippen molar-refractivity contribution in [3.8, 4) is 0 Å². The summed E-state index contributed by atoms with van der Waals surface area (Å²) >= 11 is 0. The molecular formula is C20H24ClN. The maximum Gasteiger partial charge on any atom is 0.0234 e. The van der Waals surface area contributed by atoms with Crippen molar-refractivity contribution in [3.05, 3.63) is 76.9 Å². The lowest BCUT2D eigenvalue weighted by molar-refractivity contribution is 0.364. The summed E-state index contributed by atoms with van der Waals surface area (Å²) in [5.41, 5.74) is 5.83. The molecule has 0 N–H and O–H groups in total. The number of likely N-dealkylation sites (N-methyl/N-ethyl adjacent to an activating group) is 1. The van der Waals surface area contributed by atoms with Gasteiger partial charge >= 0.3 is 0 Å². The SMILES string of the molecule is CN(C/C=C/c1ccccc1)Cc1ccc2c(c1)CCC2.Cl. The van der Waals surface area contributed by atoms with Gasteiger partial charge in [0.15, 0.2) is 0 Å². The van der Waals surface area contributed by atoms with Gasteiger partial charge in [0.1, 0.15) is 0 Å². The second kappa shape index (κ2) is 8.17. The quantitative estimate of drug-likeness (QED) is 0.770. The standard InChI is InChI=1S/C20H23N.ClH/c1-21(14-6-9-17-7-3-2-4-8-17)16-18-12-13-19-10-5-11-20(19)15-18;/h2-4,6-9,12-13,15H,5,10-11,14,16H2,1H3;1H/b9-6+;. The molecule has 2 aromatic carbocycles. The van der Waals surface area contributed by atoms with Crippen LogP contribution in [0, 0.1) is 0 Å². The van der Waals surface area contributed by atoms with Crippen LogP contribution in [0.1, 0.15) is 28.7 Å². The van der Waals surface area contributed by atoms with E-state index >= 15 is 0 Å². The molecule has 1 aliphatic carbocycles. The van der Waals surface area contributed by atoms with Gasteiger partial charge in [-0.2, -0.15) is 0 Å². The summed E-state index contributed by atoms with van der Waals surface area (Å²) in [6, 6.07) is 17.5. The summed E-state index contributed by atoms with van der Waals surface area (Å²) in [6.45, 7) is 2.00. The van der Waals surface area contributed by atoms with E-state index in [9.17, 15) is 0 Å². The minimum absolute atomic E-state index is 0. The Balaban J connectivity index is 0.00000176. The van der Waals surface area contributed by atoms with Crippen LogP contribution in [0.5, 0.6) is 0 Å². The fourth-order valence-electron chi connectivity index (χ4n) is 3.03. The minimum Gasteiger partial charge on any atom is -0.298 e. The summed E-state index contributed by atoms with van der Waals surface area (Å²) in [5, 5.41) is 0. The molecule has 0 saturated heterocycles. The minimum atomic E-state index is 0. The van der Waals surface area contributed by atoms with Crippen LogP contribution < -0.4 is 0 Å². The predicted molar refractivity (Wildman–Crippen MR) is 97.5 cm³/mol. The Hall–Kier alpha value is -1.57. The molecule has 0 atom stereocenters. The van der Waals surface area contributed by atoms with Crippen molar-refractivity contribution in [2.24, 2.45) is 0 Å². The third-order valence-corrected chi connectivity index (χ3v) is 4.14. The molecule has 1 nitrogen and oxygen atoms in total. The Bertz CT molecular complexity index is 619. The molecule has 116 valence electrons. The molecule has 1 aliphatic rings. The number of rotatable bonds is 5. The zero-order valence-electron chi connectivity index (χ0n) is 13.2. The van der Waals surface area contributed by atoms with Crippen LogP contribution in [0.2, 0.25) is 0 Å². The van der Waals surface area contributed by atoms with Gasteiger partial charge in [-0.05, 0) is 48.6 Å². The van der Waals surface area contributed by atoms with Crippen molar-refractivity contribution < 1.29 is 0 Å². The molecular weight excluding hydrogens is 290 g/mol. The van der Waals surface area contributed by atoms with Crippen molar-refractivity contribution in [2.75, 3.05) is 13.6 Å². The lowest BCUT2D eigenvalue weighted by Gasteiger charge is -2.15. The zero-order valence-corrected chi connectivity index (χ0v) is 14.0. The highest BCUT2D eigenvalue weighted by atomic mass is 35.5. The number of fused-ring (bicyclic) bond motifs is 1. The monoisotopic (exact) mass is 313 g/mol. The number of hydrogen-bond donors (Lipinski definition) is 0.